The maximum Gasteiger partial charge on any atom is 0.00964 e. The Morgan fingerprint density at radius 2 is 1.71 bits per heavy atom. The lowest BCUT2D eigenvalue weighted by molar-refractivity contribution is 0.253. The molecule has 1 N–H and O–H groups in total. The molecule has 2 nitrogen and oxygen atoms in total. The summed E-state index contributed by atoms with van der Waals surface area (Å²) in [5, 5.41) is 3.60. The van der Waals surface area contributed by atoms with Crippen molar-refractivity contribution in [1.82, 2.24) is 10.2 Å². The molecular formula is C15H30N2. The van der Waals surface area contributed by atoms with Gasteiger partial charge >= 0.3 is 0 Å². The van der Waals surface area contributed by atoms with E-state index in [1.807, 2.05) is 0 Å². The molecule has 100 valence electrons. The van der Waals surface area contributed by atoms with Crippen LogP contribution in [0.5, 0.6) is 0 Å². The highest BCUT2D eigenvalue weighted by Gasteiger charge is 2.27. The first-order valence-corrected chi connectivity index (χ1v) is 7.87. The van der Waals surface area contributed by atoms with Crippen molar-refractivity contribution in [3.05, 3.63) is 0 Å². The SMILES string of the molecule is CCCCN(CCCCCNC1CC1)C1CC1. The van der Waals surface area contributed by atoms with Crippen LogP contribution >= 0.6 is 0 Å². The van der Waals surface area contributed by atoms with Crippen LogP contribution in [0, 0.1) is 0 Å². The zero-order valence-corrected chi connectivity index (χ0v) is 11.6. The first-order valence-electron chi connectivity index (χ1n) is 7.87. The second kappa shape index (κ2) is 7.38. The molecule has 2 aliphatic rings. The fraction of sp³-hybridized carbons (Fsp3) is 1.00. The van der Waals surface area contributed by atoms with Crippen molar-refractivity contribution in [2.45, 2.75) is 76.8 Å². The Bertz CT molecular complexity index is 197. The van der Waals surface area contributed by atoms with Crippen LogP contribution in [0.25, 0.3) is 0 Å². The summed E-state index contributed by atoms with van der Waals surface area (Å²) in [4.78, 5) is 2.75. The lowest BCUT2D eigenvalue weighted by atomic mass is 10.2. The van der Waals surface area contributed by atoms with Crippen LogP contribution < -0.4 is 5.32 Å². The summed E-state index contributed by atoms with van der Waals surface area (Å²) in [5.74, 6) is 0. The average molecular weight is 238 g/mol. The molecular weight excluding hydrogens is 208 g/mol. The number of nitrogens with one attached hydrogen (secondary N) is 1. The van der Waals surface area contributed by atoms with Gasteiger partial charge in [0, 0.05) is 12.1 Å². The molecule has 0 aliphatic heterocycles. The van der Waals surface area contributed by atoms with Crippen molar-refractivity contribution >= 4 is 0 Å². The molecule has 0 radical (unpaired) electrons. The van der Waals surface area contributed by atoms with E-state index in [1.165, 1.54) is 77.4 Å². The van der Waals surface area contributed by atoms with Gasteiger partial charge in [0.25, 0.3) is 0 Å². The Hall–Kier alpha value is -0.0800. The van der Waals surface area contributed by atoms with Gasteiger partial charge in [-0.2, -0.15) is 0 Å². The van der Waals surface area contributed by atoms with Crippen molar-refractivity contribution in [3.63, 3.8) is 0 Å². The quantitative estimate of drug-likeness (QED) is 0.556. The summed E-state index contributed by atoms with van der Waals surface area (Å²) < 4.78 is 0. The van der Waals surface area contributed by atoms with Crippen LogP contribution in [-0.2, 0) is 0 Å². The maximum absolute atomic E-state index is 3.60. The van der Waals surface area contributed by atoms with Crippen LogP contribution in [0.4, 0.5) is 0 Å². The molecule has 0 aromatic rings. The van der Waals surface area contributed by atoms with Gasteiger partial charge < -0.3 is 10.2 Å². The minimum Gasteiger partial charge on any atom is -0.314 e. The predicted octanol–water partition coefficient (Wildman–Crippen LogP) is 3.17. The monoisotopic (exact) mass is 238 g/mol. The summed E-state index contributed by atoms with van der Waals surface area (Å²) in [6.45, 7) is 6.26. The van der Waals surface area contributed by atoms with Crippen LogP contribution in [-0.4, -0.2) is 36.6 Å². The highest BCUT2D eigenvalue weighted by Crippen LogP contribution is 2.27. The molecule has 0 bridgehead atoms. The molecule has 2 rings (SSSR count). The van der Waals surface area contributed by atoms with E-state index in [0.717, 1.165) is 12.1 Å². The summed E-state index contributed by atoms with van der Waals surface area (Å²) in [7, 11) is 0. The zero-order valence-electron chi connectivity index (χ0n) is 11.6. The van der Waals surface area contributed by atoms with Crippen molar-refractivity contribution in [1.29, 1.82) is 0 Å². The van der Waals surface area contributed by atoms with Crippen LogP contribution in [0.3, 0.4) is 0 Å². The number of unbranched alkanes of at least 4 members (excludes halogenated alkanes) is 3. The Labute approximate surface area is 107 Å². The Balaban J connectivity index is 1.43. The van der Waals surface area contributed by atoms with E-state index in [-0.39, 0.29) is 0 Å². The predicted molar refractivity (Wildman–Crippen MR) is 74.4 cm³/mol. The van der Waals surface area contributed by atoms with Gasteiger partial charge in [0.2, 0.25) is 0 Å². The lowest BCUT2D eigenvalue weighted by Gasteiger charge is -2.21. The van der Waals surface area contributed by atoms with Crippen LogP contribution in [0.2, 0.25) is 0 Å². The highest BCUT2D eigenvalue weighted by molar-refractivity contribution is 4.84. The molecule has 2 fully saturated rings. The van der Waals surface area contributed by atoms with E-state index >= 15 is 0 Å². The van der Waals surface area contributed by atoms with Crippen LogP contribution in [0.15, 0.2) is 0 Å². The average Bonchev–Trinajstić information content (AvgIpc) is 3.18. The van der Waals surface area contributed by atoms with Crippen LogP contribution in [0.1, 0.15) is 64.7 Å². The molecule has 0 amide bonds. The Morgan fingerprint density at radius 3 is 2.35 bits per heavy atom. The summed E-state index contributed by atoms with van der Waals surface area (Å²) in [5.41, 5.74) is 0. The second-order valence-electron chi connectivity index (χ2n) is 5.91. The van der Waals surface area contributed by atoms with Crippen molar-refractivity contribution in [2.24, 2.45) is 0 Å². The number of hydrogen-bond acceptors (Lipinski definition) is 2. The molecule has 0 spiro atoms. The van der Waals surface area contributed by atoms with Crippen molar-refractivity contribution in [3.8, 4) is 0 Å². The van der Waals surface area contributed by atoms with E-state index < -0.39 is 0 Å². The Kier molecular flexibility index (Phi) is 5.79. The third-order valence-corrected chi connectivity index (χ3v) is 3.99. The topological polar surface area (TPSA) is 15.3 Å². The van der Waals surface area contributed by atoms with E-state index in [4.69, 9.17) is 0 Å². The number of nitrogens with zero attached hydrogens (tertiary/aromatic N) is 1. The lowest BCUT2D eigenvalue weighted by Crippen LogP contribution is -2.28. The Morgan fingerprint density at radius 1 is 0.941 bits per heavy atom. The molecule has 0 unspecified atom stereocenters. The van der Waals surface area contributed by atoms with Crippen molar-refractivity contribution < 1.29 is 0 Å². The van der Waals surface area contributed by atoms with Gasteiger partial charge in [0.15, 0.2) is 0 Å². The highest BCUT2D eigenvalue weighted by atomic mass is 15.2. The fourth-order valence-electron chi connectivity index (χ4n) is 2.49. The third-order valence-electron chi connectivity index (χ3n) is 3.99. The molecule has 0 atom stereocenters. The zero-order chi connectivity index (χ0) is 11.9. The molecule has 0 saturated heterocycles. The van der Waals surface area contributed by atoms with Gasteiger partial charge in [0.1, 0.15) is 0 Å². The van der Waals surface area contributed by atoms with Gasteiger partial charge in [-0.3, -0.25) is 0 Å². The van der Waals surface area contributed by atoms with Gasteiger partial charge in [-0.1, -0.05) is 19.8 Å². The van der Waals surface area contributed by atoms with Gasteiger partial charge in [-0.15, -0.1) is 0 Å². The molecule has 0 aromatic heterocycles. The molecule has 2 saturated carbocycles. The van der Waals surface area contributed by atoms with E-state index in [0.29, 0.717) is 0 Å². The van der Waals surface area contributed by atoms with Gasteiger partial charge in [-0.05, 0) is 64.6 Å². The van der Waals surface area contributed by atoms with Crippen molar-refractivity contribution in [2.75, 3.05) is 19.6 Å². The van der Waals surface area contributed by atoms with Gasteiger partial charge in [-0.25, -0.2) is 0 Å². The normalized spacial score (nSPS) is 20.1. The summed E-state index contributed by atoms with van der Waals surface area (Å²) in [6, 6.07) is 1.86. The number of rotatable bonds is 11. The van der Waals surface area contributed by atoms with E-state index in [1.54, 1.807) is 0 Å². The first kappa shape index (κ1) is 13.4. The molecule has 2 heteroatoms. The summed E-state index contributed by atoms with van der Waals surface area (Å²) >= 11 is 0. The van der Waals surface area contributed by atoms with E-state index in [2.05, 4.69) is 17.1 Å². The largest absolute Gasteiger partial charge is 0.314 e. The van der Waals surface area contributed by atoms with Gasteiger partial charge in [0.05, 0.1) is 0 Å². The van der Waals surface area contributed by atoms with E-state index in [9.17, 15) is 0 Å². The minimum absolute atomic E-state index is 0.891. The molecule has 17 heavy (non-hydrogen) atoms. The summed E-state index contributed by atoms with van der Waals surface area (Å²) in [6.07, 6.45) is 12.7. The second-order valence-corrected chi connectivity index (χ2v) is 5.91. The minimum atomic E-state index is 0.891. The smallest absolute Gasteiger partial charge is 0.00964 e. The molecule has 2 aliphatic carbocycles. The maximum atomic E-state index is 3.60. The molecule has 0 heterocycles. The third kappa shape index (κ3) is 5.87. The standard InChI is InChI=1S/C15H30N2/c1-2-3-12-17(15-9-10-15)13-6-4-5-11-16-14-7-8-14/h14-16H,2-13H2,1H3. The number of hydrogen-bond donors (Lipinski definition) is 1. The molecule has 0 aromatic carbocycles. The fourth-order valence-corrected chi connectivity index (χ4v) is 2.49. The first-order chi connectivity index (χ1) is 8.40.